The predicted molar refractivity (Wildman–Crippen MR) is 188 cm³/mol. The fourth-order valence-corrected chi connectivity index (χ4v) is 10.4. The zero-order valence-corrected chi connectivity index (χ0v) is 30.7. The smallest absolute Gasteiger partial charge is 0.322 e. The lowest BCUT2D eigenvalue weighted by Gasteiger charge is -2.62. The van der Waals surface area contributed by atoms with E-state index in [1.54, 1.807) is 0 Å². The average molecular weight is 774 g/mol. The number of benzene rings is 2. The summed E-state index contributed by atoms with van der Waals surface area (Å²) in [7, 11) is 2.19. The van der Waals surface area contributed by atoms with Crippen LogP contribution in [0.1, 0.15) is 61.6 Å². The Morgan fingerprint density at radius 3 is 2.30 bits per heavy atom. The largest absolute Gasteiger partial charge is 0.498 e. The quantitative estimate of drug-likeness (QED) is 0.284. The molecule has 3 saturated heterocycles. The van der Waals surface area contributed by atoms with Crippen molar-refractivity contribution in [1.82, 2.24) is 14.7 Å². The first-order valence-electron chi connectivity index (χ1n) is 17.1. The number of urea groups is 1. The normalized spacial score (nSPS) is 28.4. The summed E-state index contributed by atoms with van der Waals surface area (Å²) in [6.45, 7) is 6.68. The van der Waals surface area contributed by atoms with Gasteiger partial charge >= 0.3 is 6.03 Å². The zero-order valence-electron chi connectivity index (χ0n) is 27.6. The van der Waals surface area contributed by atoms with Crippen LogP contribution in [0.4, 0.5) is 15.3 Å². The highest BCUT2D eigenvalue weighted by Crippen LogP contribution is 2.47. The number of carbonyl (C=O) groups is 3. The molecule has 2 aromatic carbocycles. The molecular weight excluding hydrogens is 726 g/mol. The lowest BCUT2D eigenvalue weighted by Crippen LogP contribution is -2.80. The van der Waals surface area contributed by atoms with Gasteiger partial charge in [-0.3, -0.25) is 9.38 Å². The predicted octanol–water partition coefficient (Wildman–Crippen LogP) is 5.77. The van der Waals surface area contributed by atoms with Crippen LogP contribution in [0.3, 0.4) is 0 Å². The third-order valence-electron chi connectivity index (χ3n) is 11.9. The Morgan fingerprint density at radius 2 is 1.66 bits per heavy atom. The second-order valence-corrected chi connectivity index (χ2v) is 16.0. The van der Waals surface area contributed by atoms with Gasteiger partial charge < -0.3 is 29.8 Å². The summed E-state index contributed by atoms with van der Waals surface area (Å²) in [4.78, 5) is 46.9. The Kier molecular flexibility index (Phi) is 10.5. The zero-order chi connectivity index (χ0) is 33.3. The third-order valence-corrected chi connectivity index (χ3v) is 13.5. The third kappa shape index (κ3) is 6.67. The van der Waals surface area contributed by atoms with Gasteiger partial charge in [-0.15, -0.1) is 0 Å². The molecule has 4 heterocycles. The first kappa shape index (κ1) is 34.5. The lowest BCUT2D eigenvalue weighted by molar-refractivity contribution is -0.956. The van der Waals surface area contributed by atoms with E-state index in [4.69, 9.17) is 0 Å². The second-order valence-electron chi connectivity index (χ2n) is 14.3. The molecular formula is C36H47Br2N5O4. The van der Waals surface area contributed by atoms with Crippen LogP contribution < -0.4 is 10.4 Å². The highest BCUT2D eigenvalue weighted by atomic mass is 79.9. The Bertz CT molecular complexity index is 1470. The number of quaternary nitrogens is 1. The number of para-hydroxylation sites is 1. The topological polar surface area (TPSA) is 96.0 Å². The van der Waals surface area contributed by atoms with E-state index in [1.165, 1.54) is 12.8 Å². The summed E-state index contributed by atoms with van der Waals surface area (Å²) in [5, 5.41) is 16.9. The minimum absolute atomic E-state index is 0.0558. The molecule has 0 aromatic heterocycles. The van der Waals surface area contributed by atoms with Gasteiger partial charge in [0.1, 0.15) is 12.8 Å². The average Bonchev–Trinajstić information content (AvgIpc) is 3.23. The van der Waals surface area contributed by atoms with Crippen LogP contribution in [0.25, 0.3) is 0 Å². The van der Waals surface area contributed by atoms with E-state index in [0.717, 1.165) is 76.6 Å². The number of anilines is 1. The molecule has 1 N–H and O–H groups in total. The van der Waals surface area contributed by atoms with Gasteiger partial charge in [-0.2, -0.15) is 0 Å². The van der Waals surface area contributed by atoms with Crippen LogP contribution in [-0.2, 0) is 17.8 Å². The minimum Gasteiger partial charge on any atom is -0.498 e. The summed E-state index contributed by atoms with van der Waals surface area (Å²) in [6, 6.07) is 11.5. The summed E-state index contributed by atoms with van der Waals surface area (Å²) in [6.07, 6.45) is 5.75. The van der Waals surface area contributed by atoms with Crippen LogP contribution in [0.2, 0.25) is 0 Å². The van der Waals surface area contributed by atoms with Gasteiger partial charge in [0.2, 0.25) is 0 Å². The fraction of sp³-hybridized carbons (Fsp3) is 0.583. The number of piperidine rings is 3. The van der Waals surface area contributed by atoms with Crippen molar-refractivity contribution < 1.29 is 24.0 Å². The van der Waals surface area contributed by atoms with E-state index in [2.05, 4.69) is 54.0 Å². The van der Waals surface area contributed by atoms with Crippen LogP contribution >= 0.6 is 31.9 Å². The first-order chi connectivity index (χ1) is 22.6. The van der Waals surface area contributed by atoms with Gasteiger partial charge in [-0.1, -0.05) is 50.1 Å². The van der Waals surface area contributed by atoms with Gasteiger partial charge in [-0.25, -0.2) is 4.79 Å². The molecule has 3 fully saturated rings. The molecule has 0 saturated carbocycles. The molecule has 6 rings (SSSR count). The molecule has 0 bridgehead atoms. The lowest BCUT2D eigenvalue weighted by atomic mass is 9.76. The van der Waals surface area contributed by atoms with Crippen molar-refractivity contribution >= 4 is 56.0 Å². The molecule has 4 aliphatic heterocycles. The maximum absolute atomic E-state index is 13.7. The molecule has 4 aliphatic rings. The summed E-state index contributed by atoms with van der Waals surface area (Å²) >= 11 is 7.34. The standard InChI is InChI=1S/C36H47Br2N5O4/c1-25-31(37)21-26(22-32(25)38)24-43(35(46)47)19-12-30(42-18-11-29-5-3-4-6-33(29)39-34(42)45)23-36(43,13-20-44)41-16-9-28(10-17-41)27-7-14-40(2)15-8-27/h3-6,20-22,27-28,30H,7-19,23-24H2,1-2H3,(H-,39,45,46,47)/t30?,36?,43-/m0/s1. The molecule has 0 radical (unpaired) electrons. The molecule has 0 aliphatic carbocycles. The molecule has 11 heteroatoms. The number of aldehydes is 1. The number of hydrogen-bond donors (Lipinski definition) is 1. The summed E-state index contributed by atoms with van der Waals surface area (Å²) in [5.41, 5.74) is 2.74. The van der Waals surface area contributed by atoms with Crippen LogP contribution in [0.15, 0.2) is 45.3 Å². The van der Waals surface area contributed by atoms with E-state index < -0.39 is 11.8 Å². The van der Waals surface area contributed by atoms with Crippen molar-refractivity contribution in [2.75, 3.05) is 51.6 Å². The number of amides is 3. The summed E-state index contributed by atoms with van der Waals surface area (Å²) < 4.78 is 1.43. The van der Waals surface area contributed by atoms with Crippen molar-refractivity contribution in [3.63, 3.8) is 0 Å². The van der Waals surface area contributed by atoms with E-state index in [1.807, 2.05) is 48.2 Å². The molecule has 3 atom stereocenters. The number of rotatable bonds is 7. The Morgan fingerprint density at radius 1 is 1.02 bits per heavy atom. The number of nitrogens with one attached hydrogen (secondary N) is 1. The number of hydrogen-bond acceptors (Lipinski definition) is 6. The van der Waals surface area contributed by atoms with Crippen molar-refractivity contribution in [1.29, 1.82) is 0 Å². The number of fused-ring (bicyclic) bond motifs is 1. The first-order valence-corrected chi connectivity index (χ1v) is 18.7. The maximum atomic E-state index is 13.7. The van der Waals surface area contributed by atoms with Gasteiger partial charge in [-0.05, 0) is 100 Å². The number of nitrogens with zero attached hydrogens (tertiary/aromatic N) is 4. The SMILES string of the molecule is Cc1c(Br)cc(C[N@+]2(C(=O)[O-])CCC(N3CCc4ccccc4NC3=O)CC2(CC=O)N2CCC(C3CCN(C)CC3)CC2)cc1Br. The Labute approximate surface area is 295 Å². The van der Waals surface area contributed by atoms with Gasteiger partial charge in [0, 0.05) is 58.7 Å². The van der Waals surface area contributed by atoms with Gasteiger partial charge in [0.25, 0.3) is 6.09 Å². The summed E-state index contributed by atoms with van der Waals surface area (Å²) in [5.74, 6) is 1.27. The van der Waals surface area contributed by atoms with Crippen LogP contribution in [0.5, 0.6) is 0 Å². The molecule has 0 spiro atoms. The molecule has 3 amide bonds. The number of carbonyl (C=O) groups excluding carboxylic acids is 3. The van der Waals surface area contributed by atoms with Crippen LogP contribution in [-0.4, -0.2) is 95.6 Å². The Balaban J connectivity index is 1.36. The fourth-order valence-electron chi connectivity index (χ4n) is 9.10. The highest BCUT2D eigenvalue weighted by Gasteiger charge is 2.61. The van der Waals surface area contributed by atoms with Gasteiger partial charge in [0.15, 0.2) is 5.66 Å². The van der Waals surface area contributed by atoms with E-state index in [0.29, 0.717) is 37.6 Å². The monoisotopic (exact) mass is 771 g/mol. The van der Waals surface area contributed by atoms with Gasteiger partial charge in [0.05, 0.1) is 13.0 Å². The van der Waals surface area contributed by atoms with Crippen LogP contribution in [0, 0.1) is 18.8 Å². The minimum atomic E-state index is -1.16. The second kappa shape index (κ2) is 14.3. The van der Waals surface area contributed by atoms with E-state index >= 15 is 0 Å². The molecule has 2 unspecified atom stereocenters. The molecule has 254 valence electrons. The van der Waals surface area contributed by atoms with E-state index in [-0.39, 0.29) is 36.1 Å². The number of likely N-dealkylation sites (tertiary alicyclic amines) is 3. The van der Waals surface area contributed by atoms with E-state index in [9.17, 15) is 19.5 Å². The number of halogens is 2. The van der Waals surface area contributed by atoms with Crippen molar-refractivity contribution in [3.05, 3.63) is 62.0 Å². The Hall–Kier alpha value is -2.31. The number of carboxylic acid groups (broad SMARTS) is 1. The molecule has 9 nitrogen and oxygen atoms in total. The van der Waals surface area contributed by atoms with Crippen molar-refractivity contribution in [2.24, 2.45) is 11.8 Å². The molecule has 2 aromatic rings. The molecule has 47 heavy (non-hydrogen) atoms. The van der Waals surface area contributed by atoms with Crippen molar-refractivity contribution in [2.45, 2.75) is 76.5 Å². The highest BCUT2D eigenvalue weighted by molar-refractivity contribution is 9.11. The van der Waals surface area contributed by atoms with Crippen molar-refractivity contribution in [3.8, 4) is 0 Å². The maximum Gasteiger partial charge on any atom is 0.322 e.